The molecule has 2 saturated heterocycles. The molecule has 2 heterocycles. The zero-order valence-electron chi connectivity index (χ0n) is 13.4. The highest BCUT2D eigenvalue weighted by molar-refractivity contribution is 5.78. The Balaban J connectivity index is 1.68. The molecule has 1 aromatic carbocycles. The standard InChI is InChI=1S/C18H26N2O2/c1-22-14-18(21)20-12-6-10-17(20)16-9-5-11-19(16)13-15-7-3-2-4-8-15/h2-4,7-8,16-17H,5-6,9-14H2,1H3/t16-,17-/m1/s1. The van der Waals surface area contributed by atoms with Crippen LogP contribution in [0, 0.1) is 0 Å². The molecule has 0 unspecified atom stereocenters. The lowest BCUT2D eigenvalue weighted by Gasteiger charge is -2.35. The topological polar surface area (TPSA) is 32.8 Å². The fraction of sp³-hybridized carbons (Fsp3) is 0.611. The second kappa shape index (κ2) is 7.25. The van der Waals surface area contributed by atoms with Gasteiger partial charge < -0.3 is 9.64 Å². The van der Waals surface area contributed by atoms with Gasteiger partial charge in [0.2, 0.25) is 5.91 Å². The van der Waals surface area contributed by atoms with Gasteiger partial charge in [0.15, 0.2) is 0 Å². The Morgan fingerprint density at radius 3 is 2.64 bits per heavy atom. The summed E-state index contributed by atoms with van der Waals surface area (Å²) < 4.78 is 5.04. The molecule has 0 radical (unpaired) electrons. The smallest absolute Gasteiger partial charge is 0.248 e. The molecule has 0 saturated carbocycles. The van der Waals surface area contributed by atoms with E-state index in [0.717, 1.165) is 32.5 Å². The van der Waals surface area contributed by atoms with Gasteiger partial charge in [0.05, 0.1) is 0 Å². The van der Waals surface area contributed by atoms with Crippen molar-refractivity contribution in [2.24, 2.45) is 0 Å². The molecule has 2 aliphatic heterocycles. The first-order chi connectivity index (χ1) is 10.8. The number of benzene rings is 1. The zero-order valence-corrected chi connectivity index (χ0v) is 13.4. The lowest BCUT2D eigenvalue weighted by atomic mass is 10.0. The van der Waals surface area contributed by atoms with Gasteiger partial charge in [0.25, 0.3) is 0 Å². The van der Waals surface area contributed by atoms with E-state index in [9.17, 15) is 4.79 Å². The van der Waals surface area contributed by atoms with E-state index in [1.54, 1.807) is 7.11 Å². The molecule has 4 heteroatoms. The number of ether oxygens (including phenoxy) is 1. The number of methoxy groups -OCH3 is 1. The molecule has 0 aliphatic carbocycles. The second-order valence-corrected chi connectivity index (χ2v) is 6.40. The van der Waals surface area contributed by atoms with E-state index >= 15 is 0 Å². The first kappa shape index (κ1) is 15.5. The minimum absolute atomic E-state index is 0.150. The lowest BCUT2D eigenvalue weighted by molar-refractivity contribution is -0.137. The van der Waals surface area contributed by atoms with Crippen molar-refractivity contribution in [1.29, 1.82) is 0 Å². The third-order valence-corrected chi connectivity index (χ3v) is 4.97. The Kier molecular flexibility index (Phi) is 5.11. The molecule has 1 aromatic rings. The average molecular weight is 302 g/mol. The predicted molar refractivity (Wildman–Crippen MR) is 86.5 cm³/mol. The maximum absolute atomic E-state index is 12.3. The first-order valence-corrected chi connectivity index (χ1v) is 8.36. The van der Waals surface area contributed by atoms with Crippen LogP contribution >= 0.6 is 0 Å². The van der Waals surface area contributed by atoms with Crippen LogP contribution in [0.15, 0.2) is 30.3 Å². The van der Waals surface area contributed by atoms with Crippen LogP contribution in [-0.2, 0) is 16.1 Å². The van der Waals surface area contributed by atoms with E-state index in [1.807, 2.05) is 0 Å². The molecule has 1 amide bonds. The molecule has 2 atom stereocenters. The highest BCUT2D eigenvalue weighted by Gasteiger charge is 2.39. The Labute approximate surface area is 133 Å². The van der Waals surface area contributed by atoms with E-state index in [-0.39, 0.29) is 12.5 Å². The molecule has 22 heavy (non-hydrogen) atoms. The lowest BCUT2D eigenvalue weighted by Crippen LogP contribution is -2.48. The number of rotatable bonds is 5. The third-order valence-electron chi connectivity index (χ3n) is 4.97. The maximum atomic E-state index is 12.3. The van der Waals surface area contributed by atoms with Gasteiger partial charge in [-0.3, -0.25) is 9.69 Å². The fourth-order valence-corrected chi connectivity index (χ4v) is 4.01. The van der Waals surface area contributed by atoms with Gasteiger partial charge >= 0.3 is 0 Å². The molecular weight excluding hydrogens is 276 g/mol. The summed E-state index contributed by atoms with van der Waals surface area (Å²) in [6.07, 6.45) is 4.69. The third kappa shape index (κ3) is 3.33. The van der Waals surface area contributed by atoms with Crippen LogP contribution in [0.3, 0.4) is 0 Å². The minimum atomic E-state index is 0.150. The summed E-state index contributed by atoms with van der Waals surface area (Å²) in [6.45, 7) is 3.24. The van der Waals surface area contributed by atoms with Gasteiger partial charge in [-0.2, -0.15) is 0 Å². The number of carbonyl (C=O) groups is 1. The summed E-state index contributed by atoms with van der Waals surface area (Å²) in [5.41, 5.74) is 1.36. The van der Waals surface area contributed by atoms with E-state index in [1.165, 1.54) is 18.4 Å². The van der Waals surface area contributed by atoms with Gasteiger partial charge in [-0.05, 0) is 37.8 Å². The number of carbonyl (C=O) groups excluding carboxylic acids is 1. The molecule has 4 nitrogen and oxygen atoms in total. The zero-order chi connectivity index (χ0) is 15.4. The Morgan fingerprint density at radius 2 is 1.86 bits per heavy atom. The Bertz CT molecular complexity index is 491. The summed E-state index contributed by atoms with van der Waals surface area (Å²) in [4.78, 5) is 16.9. The van der Waals surface area contributed by atoms with Gasteiger partial charge in [-0.1, -0.05) is 30.3 Å². The number of hydrogen-bond acceptors (Lipinski definition) is 3. The van der Waals surface area contributed by atoms with Crippen molar-refractivity contribution in [2.75, 3.05) is 26.8 Å². The van der Waals surface area contributed by atoms with Crippen LogP contribution in [0.5, 0.6) is 0 Å². The predicted octanol–water partition coefficient (Wildman–Crippen LogP) is 2.29. The van der Waals surface area contributed by atoms with Crippen LogP contribution in [-0.4, -0.2) is 54.6 Å². The van der Waals surface area contributed by atoms with Gasteiger partial charge in [0, 0.05) is 32.3 Å². The molecule has 0 spiro atoms. The first-order valence-electron chi connectivity index (χ1n) is 8.36. The second-order valence-electron chi connectivity index (χ2n) is 6.40. The molecule has 0 bridgehead atoms. The molecular formula is C18H26N2O2. The minimum Gasteiger partial charge on any atom is -0.375 e. The van der Waals surface area contributed by atoms with E-state index < -0.39 is 0 Å². The van der Waals surface area contributed by atoms with Crippen molar-refractivity contribution in [3.8, 4) is 0 Å². The van der Waals surface area contributed by atoms with Crippen LogP contribution in [0.25, 0.3) is 0 Å². The Morgan fingerprint density at radius 1 is 1.14 bits per heavy atom. The van der Waals surface area contributed by atoms with Crippen LogP contribution in [0.2, 0.25) is 0 Å². The molecule has 2 fully saturated rings. The van der Waals surface area contributed by atoms with E-state index in [0.29, 0.717) is 12.1 Å². The molecule has 120 valence electrons. The number of hydrogen-bond donors (Lipinski definition) is 0. The van der Waals surface area contributed by atoms with Crippen LogP contribution in [0.1, 0.15) is 31.2 Å². The molecule has 2 aliphatic rings. The van der Waals surface area contributed by atoms with Crippen molar-refractivity contribution < 1.29 is 9.53 Å². The van der Waals surface area contributed by atoms with Crippen LogP contribution < -0.4 is 0 Å². The monoisotopic (exact) mass is 302 g/mol. The summed E-state index contributed by atoms with van der Waals surface area (Å²) in [7, 11) is 1.60. The van der Waals surface area contributed by atoms with Crippen molar-refractivity contribution in [1.82, 2.24) is 9.80 Å². The van der Waals surface area contributed by atoms with Crippen molar-refractivity contribution in [3.05, 3.63) is 35.9 Å². The highest BCUT2D eigenvalue weighted by atomic mass is 16.5. The normalized spacial score (nSPS) is 25.8. The number of likely N-dealkylation sites (tertiary alicyclic amines) is 2. The van der Waals surface area contributed by atoms with E-state index in [4.69, 9.17) is 4.74 Å². The van der Waals surface area contributed by atoms with E-state index in [2.05, 4.69) is 40.1 Å². The SMILES string of the molecule is COCC(=O)N1CCC[C@@H]1[C@H]1CCCN1Cc1ccccc1. The van der Waals surface area contributed by atoms with Crippen molar-refractivity contribution in [2.45, 2.75) is 44.3 Å². The quantitative estimate of drug-likeness (QED) is 0.836. The summed E-state index contributed by atoms with van der Waals surface area (Å²) >= 11 is 0. The van der Waals surface area contributed by atoms with Gasteiger partial charge in [-0.25, -0.2) is 0 Å². The van der Waals surface area contributed by atoms with Gasteiger partial charge in [-0.15, -0.1) is 0 Å². The van der Waals surface area contributed by atoms with Crippen molar-refractivity contribution in [3.63, 3.8) is 0 Å². The average Bonchev–Trinajstić information content (AvgIpc) is 3.17. The summed E-state index contributed by atoms with van der Waals surface area (Å²) in [6, 6.07) is 11.5. The summed E-state index contributed by atoms with van der Waals surface area (Å²) in [5, 5.41) is 0. The fourth-order valence-electron chi connectivity index (χ4n) is 4.01. The molecule has 0 aromatic heterocycles. The molecule has 0 N–H and O–H groups in total. The number of amides is 1. The van der Waals surface area contributed by atoms with Crippen molar-refractivity contribution >= 4 is 5.91 Å². The molecule has 3 rings (SSSR count). The van der Waals surface area contributed by atoms with Crippen LogP contribution in [0.4, 0.5) is 0 Å². The largest absolute Gasteiger partial charge is 0.375 e. The Hall–Kier alpha value is -1.39. The van der Waals surface area contributed by atoms with Gasteiger partial charge in [0.1, 0.15) is 6.61 Å². The maximum Gasteiger partial charge on any atom is 0.248 e. The highest BCUT2D eigenvalue weighted by Crippen LogP contribution is 2.31. The number of nitrogens with zero attached hydrogens (tertiary/aromatic N) is 2. The summed E-state index contributed by atoms with van der Waals surface area (Å²) in [5.74, 6) is 0.150.